The van der Waals surface area contributed by atoms with Gasteiger partial charge in [0.2, 0.25) is 0 Å². The second kappa shape index (κ2) is 4.47. The number of thioether (sulfide) groups is 1. The van der Waals surface area contributed by atoms with Crippen LogP contribution in [0.15, 0.2) is 22.8 Å². The monoisotopic (exact) mass is 240 g/mol. The van der Waals surface area contributed by atoms with Crippen molar-refractivity contribution in [3.05, 3.63) is 17.8 Å². The molecule has 0 amide bonds. The zero-order chi connectivity index (χ0) is 10.8. The molecule has 0 saturated carbocycles. The van der Waals surface area contributed by atoms with Crippen LogP contribution < -0.4 is 0 Å². The first-order valence-corrected chi connectivity index (χ1v) is 6.47. The topological polar surface area (TPSA) is 46.0 Å². The summed E-state index contributed by atoms with van der Waals surface area (Å²) >= 11 is 3.24. The molecule has 80 valence electrons. The molecule has 0 fully saturated rings. The van der Waals surface area contributed by atoms with Crippen molar-refractivity contribution in [2.45, 2.75) is 30.2 Å². The second-order valence-electron chi connectivity index (χ2n) is 3.38. The molecule has 0 bridgehead atoms. The molecule has 0 radical (unpaired) electrons. The molecule has 2 atom stereocenters. The number of thiophene rings is 1. The average molecular weight is 240 g/mol. The van der Waals surface area contributed by atoms with Gasteiger partial charge in [0.15, 0.2) is 0 Å². The van der Waals surface area contributed by atoms with Crippen LogP contribution >= 0.6 is 23.1 Å². The molecule has 3 nitrogen and oxygen atoms in total. The van der Waals surface area contributed by atoms with Crippen LogP contribution in [-0.4, -0.2) is 26.4 Å². The van der Waals surface area contributed by atoms with Gasteiger partial charge in [0.05, 0.1) is 16.3 Å². The molecule has 2 aromatic heterocycles. The van der Waals surface area contributed by atoms with Gasteiger partial charge in [-0.25, -0.2) is 9.97 Å². The number of hydrogen-bond acceptors (Lipinski definition) is 5. The van der Waals surface area contributed by atoms with Crippen molar-refractivity contribution in [2.75, 3.05) is 0 Å². The lowest BCUT2D eigenvalue weighted by atomic mass is 10.3. The fourth-order valence-electron chi connectivity index (χ4n) is 1.12. The van der Waals surface area contributed by atoms with Crippen LogP contribution in [0.3, 0.4) is 0 Å². The van der Waals surface area contributed by atoms with Crippen molar-refractivity contribution in [2.24, 2.45) is 0 Å². The van der Waals surface area contributed by atoms with Gasteiger partial charge >= 0.3 is 0 Å². The van der Waals surface area contributed by atoms with E-state index in [0.717, 1.165) is 15.2 Å². The molecule has 0 aliphatic carbocycles. The molecular formula is C10H12N2OS2. The Bertz CT molecular complexity index is 455. The highest BCUT2D eigenvalue weighted by atomic mass is 32.2. The molecule has 2 aromatic rings. The summed E-state index contributed by atoms with van der Waals surface area (Å²) in [6, 6.07) is 1.98. The summed E-state index contributed by atoms with van der Waals surface area (Å²) in [5.41, 5.74) is 0.982. The van der Waals surface area contributed by atoms with Crippen LogP contribution in [0.2, 0.25) is 0 Å². The molecule has 0 saturated heterocycles. The molecular weight excluding hydrogens is 228 g/mol. The lowest BCUT2D eigenvalue weighted by Crippen LogP contribution is -2.15. The summed E-state index contributed by atoms with van der Waals surface area (Å²) in [7, 11) is 0. The van der Waals surface area contributed by atoms with Crippen LogP contribution in [-0.2, 0) is 0 Å². The lowest BCUT2D eigenvalue weighted by molar-refractivity contribution is 0.196. The van der Waals surface area contributed by atoms with E-state index in [1.54, 1.807) is 36.3 Å². The fraction of sp³-hybridized carbons (Fsp3) is 0.400. The third-order valence-corrected chi connectivity index (χ3v) is 4.53. The summed E-state index contributed by atoms with van der Waals surface area (Å²) in [5, 5.41) is 12.6. The normalized spacial score (nSPS) is 15.4. The number of aliphatic hydroxyl groups is 1. The number of aromatic nitrogens is 2. The molecule has 0 aromatic carbocycles. The molecule has 0 aliphatic heterocycles. The first-order chi connectivity index (χ1) is 7.18. The summed E-state index contributed by atoms with van der Waals surface area (Å²) in [5.74, 6) is 0. The molecule has 2 unspecified atom stereocenters. The standard InChI is InChI=1S/C10H12N2OS2/c1-6(13)7(2)15-10-9-8(3-4-14-9)11-5-12-10/h3-7,13H,1-2H3. The highest BCUT2D eigenvalue weighted by molar-refractivity contribution is 8.00. The molecule has 2 heterocycles. The molecule has 15 heavy (non-hydrogen) atoms. The zero-order valence-electron chi connectivity index (χ0n) is 8.54. The first-order valence-electron chi connectivity index (χ1n) is 4.71. The molecule has 1 N–H and O–H groups in total. The maximum absolute atomic E-state index is 9.44. The van der Waals surface area contributed by atoms with E-state index >= 15 is 0 Å². The van der Waals surface area contributed by atoms with Crippen molar-refractivity contribution in [1.29, 1.82) is 0 Å². The summed E-state index contributed by atoms with van der Waals surface area (Å²) in [6.07, 6.45) is 1.24. The number of aliphatic hydroxyl groups excluding tert-OH is 1. The second-order valence-corrected chi connectivity index (χ2v) is 5.66. The lowest BCUT2D eigenvalue weighted by Gasteiger charge is -2.13. The Kier molecular flexibility index (Phi) is 3.23. The van der Waals surface area contributed by atoms with Crippen molar-refractivity contribution >= 4 is 33.3 Å². The van der Waals surface area contributed by atoms with Crippen LogP contribution in [0.5, 0.6) is 0 Å². The van der Waals surface area contributed by atoms with Gasteiger partial charge in [-0.05, 0) is 18.4 Å². The van der Waals surface area contributed by atoms with E-state index in [9.17, 15) is 5.11 Å². The number of nitrogens with zero attached hydrogens (tertiary/aromatic N) is 2. The van der Waals surface area contributed by atoms with Gasteiger partial charge in [0.25, 0.3) is 0 Å². The minimum Gasteiger partial charge on any atom is -0.392 e. The fourth-order valence-corrected chi connectivity index (χ4v) is 3.01. The third kappa shape index (κ3) is 2.30. The van der Waals surface area contributed by atoms with Crippen LogP contribution in [0, 0.1) is 0 Å². The van der Waals surface area contributed by atoms with Gasteiger partial charge in [0.1, 0.15) is 11.4 Å². The van der Waals surface area contributed by atoms with E-state index in [1.807, 2.05) is 18.4 Å². The minimum atomic E-state index is -0.333. The van der Waals surface area contributed by atoms with Gasteiger partial charge < -0.3 is 5.11 Å². The van der Waals surface area contributed by atoms with Gasteiger partial charge in [0, 0.05) is 5.25 Å². The predicted molar refractivity (Wildman–Crippen MR) is 64.4 cm³/mol. The molecule has 0 aliphatic rings. The third-order valence-electron chi connectivity index (χ3n) is 2.19. The Balaban J connectivity index is 2.31. The van der Waals surface area contributed by atoms with Crippen molar-refractivity contribution in [3.63, 3.8) is 0 Å². The van der Waals surface area contributed by atoms with Gasteiger partial charge in [-0.3, -0.25) is 0 Å². The van der Waals surface area contributed by atoms with Gasteiger partial charge in [-0.15, -0.1) is 11.3 Å². The quantitative estimate of drug-likeness (QED) is 0.661. The van der Waals surface area contributed by atoms with Gasteiger partial charge in [-0.1, -0.05) is 18.7 Å². The molecule has 0 spiro atoms. The summed E-state index contributed by atoms with van der Waals surface area (Å²) in [4.78, 5) is 8.43. The van der Waals surface area contributed by atoms with Gasteiger partial charge in [-0.2, -0.15) is 0 Å². The van der Waals surface area contributed by atoms with E-state index in [1.165, 1.54) is 0 Å². The van der Waals surface area contributed by atoms with Crippen LogP contribution in [0.4, 0.5) is 0 Å². The van der Waals surface area contributed by atoms with Crippen molar-refractivity contribution in [1.82, 2.24) is 9.97 Å². The van der Waals surface area contributed by atoms with E-state index in [4.69, 9.17) is 0 Å². The maximum Gasteiger partial charge on any atom is 0.118 e. The Morgan fingerprint density at radius 3 is 2.93 bits per heavy atom. The summed E-state index contributed by atoms with van der Waals surface area (Å²) < 4.78 is 1.11. The largest absolute Gasteiger partial charge is 0.392 e. The van der Waals surface area contributed by atoms with E-state index in [-0.39, 0.29) is 11.4 Å². The Labute approximate surface area is 96.6 Å². The Hall–Kier alpha value is -0.650. The Morgan fingerprint density at radius 2 is 2.20 bits per heavy atom. The maximum atomic E-state index is 9.44. The first kappa shape index (κ1) is 10.9. The predicted octanol–water partition coefficient (Wildman–Crippen LogP) is 2.55. The van der Waals surface area contributed by atoms with Crippen molar-refractivity contribution < 1.29 is 5.11 Å². The number of rotatable bonds is 3. The number of fused-ring (bicyclic) bond motifs is 1. The van der Waals surface area contributed by atoms with Crippen molar-refractivity contribution in [3.8, 4) is 0 Å². The SMILES string of the molecule is CC(O)C(C)Sc1ncnc2ccsc12. The van der Waals surface area contributed by atoms with Crippen LogP contribution in [0.25, 0.3) is 10.2 Å². The smallest absolute Gasteiger partial charge is 0.118 e. The number of hydrogen-bond donors (Lipinski definition) is 1. The zero-order valence-corrected chi connectivity index (χ0v) is 10.2. The van der Waals surface area contributed by atoms with E-state index in [0.29, 0.717) is 0 Å². The summed E-state index contributed by atoms with van der Waals surface area (Å²) in [6.45, 7) is 3.79. The molecule has 2 rings (SSSR count). The van der Waals surface area contributed by atoms with Crippen LogP contribution in [0.1, 0.15) is 13.8 Å². The highest BCUT2D eigenvalue weighted by Crippen LogP contribution is 2.31. The molecule has 5 heteroatoms. The minimum absolute atomic E-state index is 0.144. The van der Waals surface area contributed by atoms with E-state index < -0.39 is 0 Å². The van der Waals surface area contributed by atoms with E-state index in [2.05, 4.69) is 9.97 Å². The highest BCUT2D eigenvalue weighted by Gasteiger charge is 2.14. The average Bonchev–Trinajstić information content (AvgIpc) is 2.66. The Morgan fingerprint density at radius 1 is 1.40 bits per heavy atom.